The summed E-state index contributed by atoms with van der Waals surface area (Å²) in [6.45, 7) is 1.82. The molecule has 2 aromatic heterocycles. The number of H-pyrrole nitrogens is 1. The molecular formula is C15H13N3O2S. The average Bonchev–Trinajstić information content (AvgIpc) is 2.89. The fourth-order valence-corrected chi connectivity index (χ4v) is 2.52. The lowest BCUT2D eigenvalue weighted by Gasteiger charge is -2.03. The Hall–Kier alpha value is -2.34. The minimum atomic E-state index is -0.191. The van der Waals surface area contributed by atoms with Crippen LogP contribution in [0.3, 0.4) is 0 Å². The van der Waals surface area contributed by atoms with E-state index in [1.54, 1.807) is 0 Å². The summed E-state index contributed by atoms with van der Waals surface area (Å²) in [6.07, 6.45) is 1.86. The van der Waals surface area contributed by atoms with Crippen LogP contribution in [0.2, 0.25) is 0 Å². The molecule has 1 N–H and O–H groups in total. The number of aromatic amines is 1. The van der Waals surface area contributed by atoms with Crippen molar-refractivity contribution in [2.24, 2.45) is 0 Å². The highest BCUT2D eigenvalue weighted by atomic mass is 32.2. The van der Waals surface area contributed by atoms with Crippen molar-refractivity contribution in [2.75, 3.05) is 6.26 Å². The van der Waals surface area contributed by atoms with Crippen molar-refractivity contribution >= 4 is 11.8 Å². The summed E-state index contributed by atoms with van der Waals surface area (Å²) in [6, 6.07) is 11.2. The summed E-state index contributed by atoms with van der Waals surface area (Å²) >= 11 is 1.38. The van der Waals surface area contributed by atoms with E-state index in [9.17, 15) is 4.79 Å². The van der Waals surface area contributed by atoms with Crippen molar-refractivity contribution in [1.82, 2.24) is 15.1 Å². The van der Waals surface area contributed by atoms with E-state index in [2.05, 4.69) is 15.1 Å². The Kier molecular flexibility index (Phi) is 3.62. The molecule has 21 heavy (non-hydrogen) atoms. The van der Waals surface area contributed by atoms with Crippen molar-refractivity contribution in [3.05, 3.63) is 52.5 Å². The first-order valence-electron chi connectivity index (χ1n) is 6.36. The number of aryl methyl sites for hydroxylation is 1. The number of benzene rings is 1. The second kappa shape index (κ2) is 5.57. The first-order chi connectivity index (χ1) is 10.2. The predicted molar refractivity (Wildman–Crippen MR) is 82.3 cm³/mol. The van der Waals surface area contributed by atoms with Gasteiger partial charge in [-0.1, -0.05) is 47.3 Å². The van der Waals surface area contributed by atoms with Gasteiger partial charge in [0.1, 0.15) is 11.5 Å². The fraction of sp³-hybridized carbons (Fsp3) is 0.133. The zero-order valence-electron chi connectivity index (χ0n) is 11.6. The van der Waals surface area contributed by atoms with E-state index in [1.165, 1.54) is 17.8 Å². The molecule has 0 fully saturated rings. The first-order valence-corrected chi connectivity index (χ1v) is 7.59. The molecule has 0 aliphatic carbocycles. The van der Waals surface area contributed by atoms with Crippen LogP contribution in [0.5, 0.6) is 0 Å². The molecule has 0 aliphatic heterocycles. The molecule has 0 amide bonds. The van der Waals surface area contributed by atoms with E-state index in [0.717, 1.165) is 11.1 Å². The first kappa shape index (κ1) is 13.6. The number of nitrogens with zero attached hydrogens (tertiary/aromatic N) is 2. The highest BCUT2D eigenvalue weighted by molar-refractivity contribution is 7.98. The summed E-state index contributed by atoms with van der Waals surface area (Å²) in [5, 5.41) is 4.68. The van der Waals surface area contributed by atoms with E-state index in [-0.39, 0.29) is 5.56 Å². The van der Waals surface area contributed by atoms with Gasteiger partial charge in [-0.2, -0.15) is 0 Å². The smallest absolute Gasteiger partial charge is 0.252 e. The molecule has 5 nitrogen and oxygen atoms in total. The highest BCUT2D eigenvalue weighted by Crippen LogP contribution is 2.32. The molecule has 106 valence electrons. The zero-order valence-corrected chi connectivity index (χ0v) is 12.4. The molecular weight excluding hydrogens is 286 g/mol. The summed E-state index contributed by atoms with van der Waals surface area (Å²) in [5.74, 6) is 0.638. The molecule has 0 unspecified atom stereocenters. The fourth-order valence-electron chi connectivity index (χ4n) is 2.13. The van der Waals surface area contributed by atoms with Gasteiger partial charge in [0.05, 0.1) is 11.3 Å². The molecule has 0 aliphatic rings. The standard InChI is InChI=1S/C15H13N3O2S/c1-9-13(11-8-12(19)17-15(16-11)21-2)14(18-20-9)10-6-4-3-5-7-10/h3-8H,1-2H3,(H,16,17,19). The largest absolute Gasteiger partial charge is 0.360 e. The van der Waals surface area contributed by atoms with Gasteiger partial charge in [0, 0.05) is 11.6 Å². The Morgan fingerprint density at radius 3 is 2.71 bits per heavy atom. The Labute approximate surface area is 125 Å². The van der Waals surface area contributed by atoms with Crippen LogP contribution >= 0.6 is 11.8 Å². The van der Waals surface area contributed by atoms with Crippen molar-refractivity contribution < 1.29 is 4.52 Å². The maximum atomic E-state index is 11.8. The molecule has 0 saturated carbocycles. The number of hydrogen-bond acceptors (Lipinski definition) is 5. The minimum Gasteiger partial charge on any atom is -0.360 e. The summed E-state index contributed by atoms with van der Waals surface area (Å²) in [7, 11) is 0. The predicted octanol–water partition coefficient (Wildman–Crippen LogP) is 3.12. The topological polar surface area (TPSA) is 71.8 Å². The summed E-state index contributed by atoms with van der Waals surface area (Å²) in [4.78, 5) is 18.9. The van der Waals surface area contributed by atoms with E-state index in [1.807, 2.05) is 43.5 Å². The lowest BCUT2D eigenvalue weighted by molar-refractivity contribution is 0.400. The summed E-state index contributed by atoms with van der Waals surface area (Å²) < 4.78 is 5.31. The molecule has 0 atom stereocenters. The molecule has 0 bridgehead atoms. The van der Waals surface area contributed by atoms with Crippen molar-refractivity contribution in [3.63, 3.8) is 0 Å². The molecule has 0 saturated heterocycles. The molecule has 2 heterocycles. The van der Waals surface area contributed by atoms with Crippen LogP contribution in [0.25, 0.3) is 22.5 Å². The number of hydrogen-bond donors (Lipinski definition) is 1. The van der Waals surface area contributed by atoms with Crippen LogP contribution < -0.4 is 5.56 Å². The van der Waals surface area contributed by atoms with E-state index in [4.69, 9.17) is 4.52 Å². The third-order valence-corrected chi connectivity index (χ3v) is 3.66. The second-order valence-electron chi connectivity index (χ2n) is 4.47. The Morgan fingerprint density at radius 1 is 1.24 bits per heavy atom. The van der Waals surface area contributed by atoms with Crippen LogP contribution in [-0.2, 0) is 0 Å². The maximum absolute atomic E-state index is 11.8. The van der Waals surface area contributed by atoms with Crippen molar-refractivity contribution in [3.8, 4) is 22.5 Å². The van der Waals surface area contributed by atoms with Crippen LogP contribution in [-0.4, -0.2) is 21.4 Å². The van der Waals surface area contributed by atoms with Gasteiger partial charge in [-0.3, -0.25) is 4.79 Å². The quantitative estimate of drug-likeness (QED) is 0.594. The van der Waals surface area contributed by atoms with E-state index >= 15 is 0 Å². The lowest BCUT2D eigenvalue weighted by atomic mass is 10.0. The van der Waals surface area contributed by atoms with Gasteiger partial charge in [-0.25, -0.2) is 4.98 Å². The van der Waals surface area contributed by atoms with E-state index < -0.39 is 0 Å². The maximum Gasteiger partial charge on any atom is 0.252 e. The second-order valence-corrected chi connectivity index (χ2v) is 5.26. The molecule has 0 spiro atoms. The van der Waals surface area contributed by atoms with Gasteiger partial charge in [0.25, 0.3) is 5.56 Å². The third-order valence-electron chi connectivity index (χ3n) is 3.08. The normalized spacial score (nSPS) is 10.8. The minimum absolute atomic E-state index is 0.191. The molecule has 6 heteroatoms. The number of nitrogens with one attached hydrogen (secondary N) is 1. The zero-order chi connectivity index (χ0) is 14.8. The Bertz CT molecular complexity index is 824. The van der Waals surface area contributed by atoms with Gasteiger partial charge in [0.15, 0.2) is 5.16 Å². The number of aromatic nitrogens is 3. The van der Waals surface area contributed by atoms with Gasteiger partial charge in [-0.15, -0.1) is 0 Å². The van der Waals surface area contributed by atoms with Crippen LogP contribution in [0.4, 0.5) is 0 Å². The van der Waals surface area contributed by atoms with Gasteiger partial charge < -0.3 is 9.51 Å². The molecule has 3 rings (SSSR count). The van der Waals surface area contributed by atoms with Crippen LogP contribution in [0.15, 0.2) is 50.9 Å². The molecule has 3 aromatic rings. The Morgan fingerprint density at radius 2 is 2.00 bits per heavy atom. The Balaban J connectivity index is 2.22. The lowest BCUT2D eigenvalue weighted by Crippen LogP contribution is -2.08. The average molecular weight is 299 g/mol. The molecule has 0 radical (unpaired) electrons. The van der Waals surface area contributed by atoms with Gasteiger partial charge in [-0.05, 0) is 13.2 Å². The van der Waals surface area contributed by atoms with E-state index in [0.29, 0.717) is 22.3 Å². The number of rotatable bonds is 3. The van der Waals surface area contributed by atoms with Crippen molar-refractivity contribution in [2.45, 2.75) is 12.1 Å². The monoisotopic (exact) mass is 299 g/mol. The van der Waals surface area contributed by atoms with Crippen LogP contribution in [0, 0.1) is 6.92 Å². The third kappa shape index (κ3) is 2.62. The SMILES string of the molecule is CSc1nc(-c2c(-c3ccccc3)noc2C)cc(=O)[nH]1. The van der Waals surface area contributed by atoms with Gasteiger partial charge >= 0.3 is 0 Å². The highest BCUT2D eigenvalue weighted by Gasteiger charge is 2.18. The van der Waals surface area contributed by atoms with Crippen molar-refractivity contribution in [1.29, 1.82) is 0 Å². The molecule has 1 aromatic carbocycles. The van der Waals surface area contributed by atoms with Gasteiger partial charge in [0.2, 0.25) is 0 Å². The number of thioether (sulfide) groups is 1. The summed E-state index contributed by atoms with van der Waals surface area (Å²) in [5.41, 5.74) is 2.75. The van der Waals surface area contributed by atoms with Crippen LogP contribution in [0.1, 0.15) is 5.76 Å².